The summed E-state index contributed by atoms with van der Waals surface area (Å²) < 4.78 is 36.3. The van der Waals surface area contributed by atoms with Crippen LogP contribution in [0, 0.1) is 5.82 Å². The lowest BCUT2D eigenvalue weighted by molar-refractivity contribution is 0.580. The Morgan fingerprint density at radius 1 is 1.25 bits per heavy atom. The van der Waals surface area contributed by atoms with E-state index in [0.717, 1.165) is 24.2 Å². The predicted molar refractivity (Wildman–Crippen MR) is 75.2 cm³/mol. The van der Waals surface area contributed by atoms with Gasteiger partial charge in [-0.25, -0.2) is 22.8 Å². The Hall–Kier alpha value is -1.67. The zero-order valence-electron chi connectivity index (χ0n) is 10.8. The monoisotopic (exact) mass is 313 g/mol. The molecule has 2 rings (SSSR count). The second-order valence-electron chi connectivity index (χ2n) is 3.94. The first kappa shape index (κ1) is 14.7. The summed E-state index contributed by atoms with van der Waals surface area (Å²) in [6, 6.07) is 6.19. The summed E-state index contributed by atoms with van der Waals surface area (Å²) in [4.78, 5) is 8.68. The number of nitrogens with zero attached hydrogens (tertiary/aromatic N) is 2. The Labute approximate surface area is 120 Å². The third-order valence-electron chi connectivity index (χ3n) is 2.40. The number of hydrogen-bond donors (Lipinski definition) is 1. The van der Waals surface area contributed by atoms with Crippen LogP contribution < -0.4 is 5.32 Å². The van der Waals surface area contributed by atoms with E-state index in [1.807, 2.05) is 0 Å². The molecule has 0 aliphatic rings. The van der Waals surface area contributed by atoms with Gasteiger partial charge < -0.3 is 5.32 Å². The molecule has 0 unspecified atom stereocenters. The van der Waals surface area contributed by atoms with Gasteiger partial charge in [-0.2, -0.15) is 0 Å². The summed E-state index contributed by atoms with van der Waals surface area (Å²) in [6.45, 7) is 0. The number of hydrogen-bond acceptors (Lipinski definition) is 6. The molecule has 0 spiro atoms. The van der Waals surface area contributed by atoms with Gasteiger partial charge in [0, 0.05) is 18.2 Å². The molecule has 5 nitrogen and oxygen atoms in total. The minimum absolute atomic E-state index is 0.177. The average Bonchev–Trinajstić information content (AvgIpc) is 2.41. The summed E-state index contributed by atoms with van der Waals surface area (Å²) in [5.74, 6) is -0.206. The van der Waals surface area contributed by atoms with Crippen molar-refractivity contribution < 1.29 is 12.8 Å². The van der Waals surface area contributed by atoms with E-state index in [-0.39, 0.29) is 9.92 Å². The predicted octanol–water partition coefficient (Wildman–Crippen LogP) is 2.21. The molecular weight excluding hydrogens is 301 g/mol. The number of benzene rings is 1. The molecule has 1 aromatic heterocycles. The second-order valence-corrected chi connectivity index (χ2v) is 7.02. The Kier molecular flexibility index (Phi) is 4.24. The first-order valence-electron chi connectivity index (χ1n) is 5.58. The van der Waals surface area contributed by atoms with Gasteiger partial charge in [0.15, 0.2) is 15.7 Å². The fourth-order valence-corrected chi connectivity index (χ4v) is 2.82. The van der Waals surface area contributed by atoms with Gasteiger partial charge in [0.1, 0.15) is 5.03 Å². The maximum atomic E-state index is 13.6. The fraction of sp³-hybridized carbons (Fsp3) is 0.167. The topological polar surface area (TPSA) is 72.0 Å². The molecule has 0 saturated carbocycles. The molecule has 0 radical (unpaired) electrons. The summed E-state index contributed by atoms with van der Waals surface area (Å²) in [5, 5.41) is 2.91. The van der Waals surface area contributed by atoms with Gasteiger partial charge in [-0.15, -0.1) is 0 Å². The SMILES string of the molecule is CNc1ncc(F)c(Sc2ccc(S(C)(=O)=O)cc2)n1. The Balaban J connectivity index is 2.26. The lowest BCUT2D eigenvalue weighted by Crippen LogP contribution is -1.99. The normalized spacial score (nSPS) is 11.3. The van der Waals surface area contributed by atoms with Gasteiger partial charge in [-0.05, 0) is 24.3 Å². The van der Waals surface area contributed by atoms with E-state index in [9.17, 15) is 12.8 Å². The van der Waals surface area contributed by atoms with Crippen LogP contribution in [0.1, 0.15) is 0 Å². The first-order valence-corrected chi connectivity index (χ1v) is 8.29. The summed E-state index contributed by atoms with van der Waals surface area (Å²) in [7, 11) is -1.59. The van der Waals surface area contributed by atoms with E-state index in [1.165, 1.54) is 12.1 Å². The lowest BCUT2D eigenvalue weighted by atomic mass is 10.4. The maximum Gasteiger partial charge on any atom is 0.223 e. The standard InChI is InChI=1S/C12H12FN3O2S2/c1-14-12-15-7-10(13)11(16-12)19-8-3-5-9(6-4-8)20(2,17)18/h3-7H,1-2H3,(H,14,15,16). The van der Waals surface area contributed by atoms with Gasteiger partial charge in [-0.1, -0.05) is 11.8 Å². The third kappa shape index (κ3) is 3.45. The Morgan fingerprint density at radius 3 is 2.45 bits per heavy atom. The number of nitrogens with one attached hydrogen (secondary N) is 1. The van der Waals surface area contributed by atoms with Crippen molar-refractivity contribution in [1.29, 1.82) is 0 Å². The van der Waals surface area contributed by atoms with Crippen LogP contribution in [-0.2, 0) is 9.84 Å². The Bertz CT molecular complexity index is 718. The summed E-state index contributed by atoms with van der Waals surface area (Å²) in [6.07, 6.45) is 2.23. The quantitative estimate of drug-likeness (QED) is 0.873. The molecule has 20 heavy (non-hydrogen) atoms. The van der Waals surface area contributed by atoms with Crippen LogP contribution in [-0.4, -0.2) is 31.7 Å². The van der Waals surface area contributed by atoms with Crippen molar-refractivity contribution in [2.75, 3.05) is 18.6 Å². The summed E-state index contributed by atoms with van der Waals surface area (Å²) in [5.41, 5.74) is 0. The van der Waals surface area contributed by atoms with Crippen molar-refractivity contribution in [2.45, 2.75) is 14.8 Å². The lowest BCUT2D eigenvalue weighted by Gasteiger charge is -2.05. The van der Waals surface area contributed by atoms with Crippen molar-refractivity contribution in [2.24, 2.45) is 0 Å². The van der Waals surface area contributed by atoms with Crippen molar-refractivity contribution in [1.82, 2.24) is 9.97 Å². The highest BCUT2D eigenvalue weighted by atomic mass is 32.2. The van der Waals surface area contributed by atoms with Gasteiger partial charge >= 0.3 is 0 Å². The minimum atomic E-state index is -3.23. The third-order valence-corrected chi connectivity index (χ3v) is 4.52. The van der Waals surface area contributed by atoms with Crippen LogP contribution in [0.5, 0.6) is 0 Å². The largest absolute Gasteiger partial charge is 0.357 e. The van der Waals surface area contributed by atoms with Crippen LogP contribution in [0.2, 0.25) is 0 Å². The molecule has 106 valence electrons. The van der Waals surface area contributed by atoms with E-state index in [2.05, 4.69) is 15.3 Å². The number of halogens is 1. The van der Waals surface area contributed by atoms with Crippen LogP contribution in [0.3, 0.4) is 0 Å². The number of sulfone groups is 1. The van der Waals surface area contributed by atoms with Crippen LogP contribution in [0.25, 0.3) is 0 Å². The molecule has 0 atom stereocenters. The van der Waals surface area contributed by atoms with E-state index >= 15 is 0 Å². The zero-order valence-corrected chi connectivity index (χ0v) is 12.4. The molecule has 1 heterocycles. The first-order chi connectivity index (χ1) is 9.40. The molecule has 0 aliphatic carbocycles. The second kappa shape index (κ2) is 5.76. The Morgan fingerprint density at radius 2 is 1.90 bits per heavy atom. The highest BCUT2D eigenvalue weighted by Gasteiger charge is 2.10. The fourth-order valence-electron chi connectivity index (χ4n) is 1.41. The summed E-state index contributed by atoms with van der Waals surface area (Å²) >= 11 is 1.10. The van der Waals surface area contributed by atoms with Gasteiger partial charge in [0.05, 0.1) is 11.1 Å². The molecule has 0 fully saturated rings. The molecule has 0 aliphatic heterocycles. The van der Waals surface area contributed by atoms with Crippen molar-refractivity contribution in [3.05, 3.63) is 36.3 Å². The molecular formula is C12H12FN3O2S2. The highest BCUT2D eigenvalue weighted by Crippen LogP contribution is 2.29. The van der Waals surface area contributed by atoms with Crippen LogP contribution >= 0.6 is 11.8 Å². The molecule has 1 N–H and O–H groups in total. The van der Waals surface area contributed by atoms with E-state index in [1.54, 1.807) is 19.2 Å². The zero-order chi connectivity index (χ0) is 14.8. The van der Waals surface area contributed by atoms with Crippen molar-refractivity contribution in [3.8, 4) is 0 Å². The molecule has 8 heteroatoms. The smallest absolute Gasteiger partial charge is 0.223 e. The van der Waals surface area contributed by atoms with Crippen molar-refractivity contribution >= 4 is 27.5 Å². The molecule has 0 bridgehead atoms. The maximum absolute atomic E-state index is 13.6. The van der Waals surface area contributed by atoms with Gasteiger partial charge in [-0.3, -0.25) is 0 Å². The molecule has 0 amide bonds. The van der Waals surface area contributed by atoms with E-state index < -0.39 is 15.7 Å². The average molecular weight is 313 g/mol. The van der Waals surface area contributed by atoms with Gasteiger partial charge in [0.25, 0.3) is 0 Å². The van der Waals surface area contributed by atoms with E-state index in [0.29, 0.717) is 10.8 Å². The van der Waals surface area contributed by atoms with Crippen LogP contribution in [0.15, 0.2) is 45.3 Å². The number of aromatic nitrogens is 2. The van der Waals surface area contributed by atoms with Gasteiger partial charge in [0.2, 0.25) is 5.95 Å². The van der Waals surface area contributed by atoms with Crippen LogP contribution in [0.4, 0.5) is 10.3 Å². The number of anilines is 1. The van der Waals surface area contributed by atoms with Crippen molar-refractivity contribution in [3.63, 3.8) is 0 Å². The van der Waals surface area contributed by atoms with E-state index in [4.69, 9.17) is 0 Å². The molecule has 1 aromatic carbocycles. The number of rotatable bonds is 4. The minimum Gasteiger partial charge on any atom is -0.357 e. The molecule has 2 aromatic rings. The molecule has 0 saturated heterocycles. The highest BCUT2D eigenvalue weighted by molar-refractivity contribution is 7.99.